The Balaban J connectivity index is 2.08. The van der Waals surface area contributed by atoms with Crippen LogP contribution in [0.4, 0.5) is 0 Å². The molecule has 0 amide bonds. The van der Waals surface area contributed by atoms with E-state index in [1.54, 1.807) is 6.07 Å². The number of nitrogens with zero attached hydrogens (tertiary/aromatic N) is 1. The van der Waals surface area contributed by atoms with E-state index >= 15 is 0 Å². The molecule has 1 heterocycles. The number of rotatable bonds is 3. The van der Waals surface area contributed by atoms with Crippen molar-refractivity contribution in [1.29, 1.82) is 0 Å². The van der Waals surface area contributed by atoms with Gasteiger partial charge in [-0.05, 0) is 12.8 Å². The highest BCUT2D eigenvalue weighted by atomic mass is 32.2. The van der Waals surface area contributed by atoms with E-state index in [0.717, 1.165) is 22.5 Å². The van der Waals surface area contributed by atoms with Crippen LogP contribution in [0.25, 0.3) is 0 Å². The number of aromatic amines is 1. The largest absolute Gasteiger partial charge is 0.310 e. The molecule has 1 aromatic rings. The Labute approximate surface area is 113 Å². The van der Waals surface area contributed by atoms with E-state index in [2.05, 4.69) is 30.7 Å². The van der Waals surface area contributed by atoms with Crippen molar-refractivity contribution in [2.24, 2.45) is 0 Å². The monoisotopic (exact) mass is 266 g/mol. The Morgan fingerprint density at radius 2 is 2.06 bits per heavy atom. The molecule has 2 rings (SSSR count). The van der Waals surface area contributed by atoms with E-state index in [0.29, 0.717) is 0 Å². The van der Waals surface area contributed by atoms with Crippen molar-refractivity contribution in [3.63, 3.8) is 0 Å². The summed E-state index contributed by atoms with van der Waals surface area (Å²) in [6, 6.07) is 1.61. The second kappa shape index (κ2) is 5.47. The van der Waals surface area contributed by atoms with Crippen LogP contribution < -0.4 is 5.56 Å². The van der Waals surface area contributed by atoms with E-state index in [1.807, 2.05) is 11.8 Å². The summed E-state index contributed by atoms with van der Waals surface area (Å²) < 4.78 is 0. The molecule has 0 aromatic carbocycles. The summed E-state index contributed by atoms with van der Waals surface area (Å²) in [7, 11) is 0. The molecular weight excluding hydrogens is 244 g/mol. The predicted octanol–water partition coefficient (Wildman–Crippen LogP) is 3.24. The molecule has 3 nitrogen and oxygen atoms in total. The molecule has 1 aliphatic carbocycles. The fourth-order valence-corrected chi connectivity index (χ4v) is 3.41. The summed E-state index contributed by atoms with van der Waals surface area (Å²) in [6.07, 6.45) is 5.33. The number of thioether (sulfide) groups is 1. The van der Waals surface area contributed by atoms with Gasteiger partial charge in [-0.3, -0.25) is 4.79 Å². The van der Waals surface area contributed by atoms with E-state index < -0.39 is 0 Å². The number of hydrogen-bond acceptors (Lipinski definition) is 3. The lowest BCUT2D eigenvalue weighted by Crippen LogP contribution is -2.21. The van der Waals surface area contributed by atoms with Gasteiger partial charge in [0, 0.05) is 16.7 Å². The molecule has 0 unspecified atom stereocenters. The molecule has 0 saturated heterocycles. The van der Waals surface area contributed by atoms with E-state index in [9.17, 15) is 4.79 Å². The third-order valence-electron chi connectivity index (χ3n) is 3.32. The van der Waals surface area contributed by atoms with Crippen LogP contribution in [0.5, 0.6) is 0 Å². The van der Waals surface area contributed by atoms with Gasteiger partial charge in [0.2, 0.25) is 0 Å². The zero-order valence-corrected chi connectivity index (χ0v) is 12.3. The highest BCUT2D eigenvalue weighted by Gasteiger charge is 2.19. The molecule has 1 saturated carbocycles. The Morgan fingerprint density at radius 3 is 2.67 bits per heavy atom. The van der Waals surface area contributed by atoms with Gasteiger partial charge in [0.15, 0.2) is 0 Å². The van der Waals surface area contributed by atoms with Crippen molar-refractivity contribution in [1.82, 2.24) is 9.97 Å². The van der Waals surface area contributed by atoms with Gasteiger partial charge in [0.1, 0.15) is 5.82 Å². The minimum absolute atomic E-state index is 0.0306. The van der Waals surface area contributed by atoms with Crippen LogP contribution in [0, 0.1) is 0 Å². The molecule has 1 fully saturated rings. The summed E-state index contributed by atoms with van der Waals surface area (Å²) in [5.41, 5.74) is 0.784. The van der Waals surface area contributed by atoms with Crippen molar-refractivity contribution in [2.75, 3.05) is 0 Å². The first-order valence-corrected chi connectivity index (χ1v) is 7.72. The van der Waals surface area contributed by atoms with Gasteiger partial charge < -0.3 is 4.98 Å². The van der Waals surface area contributed by atoms with E-state index in [4.69, 9.17) is 0 Å². The lowest BCUT2D eigenvalue weighted by Gasteiger charge is -2.18. The lowest BCUT2D eigenvalue weighted by molar-refractivity contribution is 0.562. The minimum atomic E-state index is -0.0684. The molecule has 0 spiro atoms. The molecule has 1 N–H and O–H groups in total. The van der Waals surface area contributed by atoms with Crippen molar-refractivity contribution in [3.05, 3.63) is 27.9 Å². The molecule has 100 valence electrons. The smallest absolute Gasteiger partial charge is 0.251 e. The van der Waals surface area contributed by atoms with E-state index in [-0.39, 0.29) is 11.0 Å². The Hall–Kier alpha value is -0.770. The first-order valence-electron chi connectivity index (χ1n) is 6.67. The van der Waals surface area contributed by atoms with Crippen LogP contribution >= 0.6 is 11.8 Å². The van der Waals surface area contributed by atoms with Gasteiger partial charge in [-0.15, -0.1) is 0 Å². The highest BCUT2D eigenvalue weighted by molar-refractivity contribution is 7.99. The first-order chi connectivity index (χ1) is 8.45. The van der Waals surface area contributed by atoms with Crippen LogP contribution in [0.15, 0.2) is 10.9 Å². The average molecular weight is 266 g/mol. The Kier molecular flexibility index (Phi) is 4.15. The molecule has 0 radical (unpaired) electrons. The summed E-state index contributed by atoms with van der Waals surface area (Å²) in [5, 5.41) is 0.758. The maximum Gasteiger partial charge on any atom is 0.251 e. The standard InChI is InChI=1S/C14H22N2OS/c1-14(2,3)11-8-13(17)16-12(15-11)9-18-10-6-4-5-7-10/h8,10H,4-7,9H2,1-3H3,(H,15,16,17). The Morgan fingerprint density at radius 1 is 1.39 bits per heavy atom. The van der Waals surface area contributed by atoms with Gasteiger partial charge in [-0.25, -0.2) is 4.98 Å². The molecule has 0 atom stereocenters. The maximum absolute atomic E-state index is 11.6. The predicted molar refractivity (Wildman–Crippen MR) is 77.1 cm³/mol. The van der Waals surface area contributed by atoms with Gasteiger partial charge >= 0.3 is 0 Å². The number of H-pyrrole nitrogens is 1. The van der Waals surface area contributed by atoms with Gasteiger partial charge in [0.05, 0.1) is 11.4 Å². The van der Waals surface area contributed by atoms with Crippen LogP contribution in [-0.4, -0.2) is 15.2 Å². The molecular formula is C14H22N2OS. The topological polar surface area (TPSA) is 45.8 Å². The Bertz CT molecular complexity index is 456. The van der Waals surface area contributed by atoms with Crippen LogP contribution in [-0.2, 0) is 11.2 Å². The molecule has 0 bridgehead atoms. The fraction of sp³-hybridized carbons (Fsp3) is 0.714. The number of nitrogens with one attached hydrogen (secondary N) is 1. The van der Waals surface area contributed by atoms with Crippen LogP contribution in [0.1, 0.15) is 58.0 Å². The maximum atomic E-state index is 11.6. The van der Waals surface area contributed by atoms with E-state index in [1.165, 1.54) is 25.7 Å². The van der Waals surface area contributed by atoms with Crippen molar-refractivity contribution in [3.8, 4) is 0 Å². The first kappa shape index (κ1) is 13.7. The van der Waals surface area contributed by atoms with Crippen molar-refractivity contribution in [2.45, 2.75) is 62.9 Å². The van der Waals surface area contributed by atoms with Crippen LogP contribution in [0.3, 0.4) is 0 Å². The number of hydrogen-bond donors (Lipinski definition) is 1. The van der Waals surface area contributed by atoms with Crippen molar-refractivity contribution >= 4 is 11.8 Å². The summed E-state index contributed by atoms with van der Waals surface area (Å²) in [5.74, 6) is 1.65. The second-order valence-electron chi connectivity index (χ2n) is 6.04. The summed E-state index contributed by atoms with van der Waals surface area (Å²) in [4.78, 5) is 19.1. The quantitative estimate of drug-likeness (QED) is 0.913. The molecule has 0 aliphatic heterocycles. The van der Waals surface area contributed by atoms with Crippen LogP contribution in [0.2, 0.25) is 0 Å². The van der Waals surface area contributed by atoms with Gasteiger partial charge in [0.25, 0.3) is 5.56 Å². The molecule has 1 aromatic heterocycles. The van der Waals surface area contributed by atoms with Crippen molar-refractivity contribution < 1.29 is 0 Å². The fourth-order valence-electron chi connectivity index (χ4n) is 2.21. The molecule has 1 aliphatic rings. The zero-order chi connectivity index (χ0) is 13.2. The third kappa shape index (κ3) is 3.61. The molecule has 18 heavy (non-hydrogen) atoms. The zero-order valence-electron chi connectivity index (χ0n) is 11.5. The summed E-state index contributed by atoms with van der Waals surface area (Å²) >= 11 is 1.93. The normalized spacial score (nSPS) is 17.3. The third-order valence-corrected chi connectivity index (χ3v) is 4.70. The number of aromatic nitrogens is 2. The SMILES string of the molecule is CC(C)(C)c1cc(=O)[nH]c(CSC2CCCC2)n1. The van der Waals surface area contributed by atoms with Gasteiger partial charge in [-0.1, -0.05) is 33.6 Å². The highest BCUT2D eigenvalue weighted by Crippen LogP contribution is 2.31. The average Bonchev–Trinajstić information content (AvgIpc) is 2.77. The minimum Gasteiger partial charge on any atom is -0.310 e. The summed E-state index contributed by atoms with van der Waals surface area (Å²) in [6.45, 7) is 6.26. The lowest BCUT2D eigenvalue weighted by atomic mass is 9.92. The van der Waals surface area contributed by atoms with Gasteiger partial charge in [-0.2, -0.15) is 11.8 Å². The second-order valence-corrected chi connectivity index (χ2v) is 7.33. The molecule has 4 heteroatoms.